The van der Waals surface area contributed by atoms with Gasteiger partial charge in [0.1, 0.15) is 17.5 Å². The van der Waals surface area contributed by atoms with Gasteiger partial charge in [0, 0.05) is 21.0 Å². The zero-order chi connectivity index (χ0) is 21.3. The number of thiophene rings is 1. The van der Waals surface area contributed by atoms with Crippen LogP contribution in [-0.2, 0) is 16.8 Å². The summed E-state index contributed by atoms with van der Waals surface area (Å²) < 4.78 is 11.9. The molecule has 1 aromatic carbocycles. The second kappa shape index (κ2) is 8.44. The van der Waals surface area contributed by atoms with Gasteiger partial charge in [-0.1, -0.05) is 50.6 Å². The van der Waals surface area contributed by atoms with Gasteiger partial charge in [0.05, 0.1) is 6.61 Å². The molecule has 1 atom stereocenters. The van der Waals surface area contributed by atoms with Crippen LogP contribution in [0.3, 0.4) is 0 Å². The summed E-state index contributed by atoms with van der Waals surface area (Å²) in [5.41, 5.74) is 0.689. The van der Waals surface area contributed by atoms with Crippen molar-refractivity contribution in [2.24, 2.45) is 0 Å². The minimum absolute atomic E-state index is 0.170. The summed E-state index contributed by atoms with van der Waals surface area (Å²) >= 11 is 7.55. The van der Waals surface area contributed by atoms with Gasteiger partial charge in [0.15, 0.2) is 4.88 Å². The Morgan fingerprint density at radius 1 is 1.18 bits per heavy atom. The zero-order valence-electron chi connectivity index (χ0n) is 17.6. The van der Waals surface area contributed by atoms with Crippen molar-refractivity contribution in [2.75, 3.05) is 0 Å². The Morgan fingerprint density at radius 3 is 2.29 bits per heavy atom. The number of aliphatic hydroxyl groups excluding tert-OH is 1. The van der Waals surface area contributed by atoms with E-state index < -0.39 is 11.6 Å². The van der Waals surface area contributed by atoms with E-state index in [1.807, 2.05) is 72.7 Å². The number of carbonyl (C=O) groups is 1. The van der Waals surface area contributed by atoms with Crippen LogP contribution in [0, 0.1) is 0 Å². The fourth-order valence-electron chi connectivity index (χ4n) is 2.95. The van der Waals surface area contributed by atoms with Gasteiger partial charge in [0.2, 0.25) is 0 Å². The first-order chi connectivity index (χ1) is 12.8. The largest absolute Gasteiger partial charge is 0.484 e. The fourth-order valence-corrected chi connectivity index (χ4v) is 4.42. The quantitative estimate of drug-likeness (QED) is 0.573. The minimum Gasteiger partial charge on any atom is -0.484 e. The zero-order valence-corrected chi connectivity index (χ0v) is 19.1. The number of hydrogen-bond acceptors (Lipinski definition) is 5. The maximum atomic E-state index is 12.9. The second-order valence-corrected chi connectivity index (χ2v) is 10.3. The third kappa shape index (κ3) is 5.28. The van der Waals surface area contributed by atoms with Crippen molar-refractivity contribution < 1.29 is 19.4 Å². The van der Waals surface area contributed by atoms with Gasteiger partial charge in [-0.3, -0.25) is 0 Å². The van der Waals surface area contributed by atoms with Crippen molar-refractivity contribution in [3.8, 4) is 5.75 Å². The van der Waals surface area contributed by atoms with Crippen LogP contribution in [-0.4, -0.2) is 16.7 Å². The number of benzene rings is 1. The molecule has 1 aromatic heterocycles. The molecule has 0 amide bonds. The van der Waals surface area contributed by atoms with E-state index in [0.717, 1.165) is 11.1 Å². The molecule has 0 aliphatic heterocycles. The van der Waals surface area contributed by atoms with Gasteiger partial charge in [-0.15, -0.1) is 11.3 Å². The van der Waals surface area contributed by atoms with E-state index in [1.165, 1.54) is 11.3 Å². The molecule has 2 aromatic rings. The Balaban J connectivity index is 2.57. The molecule has 0 spiro atoms. The van der Waals surface area contributed by atoms with Crippen LogP contribution < -0.4 is 4.74 Å². The highest BCUT2D eigenvalue weighted by atomic mass is 35.5. The SMILES string of the molecule is C[C@@H](Oc1c(C(=O)OC(C)(C)C)sc(CO)c1C(C)(C)C)c1ccccc1Cl. The Labute approximate surface area is 176 Å². The number of esters is 1. The molecule has 0 radical (unpaired) electrons. The standard InChI is InChI=1S/C22H29ClO4S/c1-13(14-10-8-9-11-15(14)23)26-18-17(21(2,3)4)16(12-24)28-19(18)20(25)27-22(5,6)7/h8-11,13,24H,12H2,1-7H3/t13-/m1/s1. The first-order valence-electron chi connectivity index (χ1n) is 9.26. The van der Waals surface area contributed by atoms with E-state index in [1.54, 1.807) is 0 Å². The molecule has 0 aliphatic carbocycles. The molecule has 0 aliphatic rings. The molecular formula is C22H29ClO4S. The summed E-state index contributed by atoms with van der Waals surface area (Å²) in [4.78, 5) is 13.9. The van der Waals surface area contributed by atoms with Crippen LogP contribution in [0.4, 0.5) is 0 Å². The number of carbonyl (C=O) groups excluding carboxylic acids is 1. The third-order valence-corrected chi connectivity index (χ3v) is 5.53. The molecule has 4 nitrogen and oxygen atoms in total. The van der Waals surface area contributed by atoms with E-state index in [4.69, 9.17) is 21.1 Å². The highest BCUT2D eigenvalue weighted by molar-refractivity contribution is 7.14. The molecule has 154 valence electrons. The Kier molecular flexibility index (Phi) is 6.85. The summed E-state index contributed by atoms with van der Waals surface area (Å²) in [6, 6.07) is 7.46. The lowest BCUT2D eigenvalue weighted by molar-refractivity contribution is 0.00703. The smallest absolute Gasteiger partial charge is 0.352 e. The highest BCUT2D eigenvalue weighted by Crippen LogP contribution is 2.45. The topological polar surface area (TPSA) is 55.8 Å². The molecule has 28 heavy (non-hydrogen) atoms. The van der Waals surface area contributed by atoms with Gasteiger partial charge in [0.25, 0.3) is 0 Å². The number of halogens is 1. The van der Waals surface area contributed by atoms with Crippen LogP contribution in [0.2, 0.25) is 5.02 Å². The molecule has 0 fully saturated rings. The average Bonchev–Trinajstić information content (AvgIpc) is 2.92. The molecular weight excluding hydrogens is 396 g/mol. The summed E-state index contributed by atoms with van der Waals surface area (Å²) in [5.74, 6) is 0.00674. The summed E-state index contributed by atoms with van der Waals surface area (Å²) in [6.07, 6.45) is -0.378. The van der Waals surface area contributed by atoms with Crippen LogP contribution in [0.1, 0.15) is 80.2 Å². The molecule has 0 saturated carbocycles. The van der Waals surface area contributed by atoms with Gasteiger partial charge in [-0.2, -0.15) is 0 Å². The van der Waals surface area contributed by atoms with Gasteiger partial charge < -0.3 is 14.6 Å². The third-order valence-electron chi connectivity index (χ3n) is 4.05. The van der Waals surface area contributed by atoms with Crippen molar-refractivity contribution in [1.82, 2.24) is 0 Å². The maximum absolute atomic E-state index is 12.9. The fraction of sp³-hybridized carbons (Fsp3) is 0.500. The van der Waals surface area contributed by atoms with Crippen molar-refractivity contribution >= 4 is 28.9 Å². The first kappa shape index (κ1) is 22.7. The lowest BCUT2D eigenvalue weighted by Crippen LogP contribution is -2.24. The van der Waals surface area contributed by atoms with Gasteiger partial charge in [-0.25, -0.2) is 4.79 Å². The molecule has 0 saturated heterocycles. The molecule has 0 unspecified atom stereocenters. The number of rotatable bonds is 5. The number of hydrogen-bond donors (Lipinski definition) is 1. The van der Waals surface area contributed by atoms with E-state index >= 15 is 0 Å². The predicted molar refractivity (Wildman–Crippen MR) is 115 cm³/mol. The average molecular weight is 425 g/mol. The molecule has 6 heteroatoms. The van der Waals surface area contributed by atoms with Crippen LogP contribution in [0.5, 0.6) is 5.75 Å². The predicted octanol–water partition coefficient (Wildman–Crippen LogP) is 6.29. The summed E-state index contributed by atoms with van der Waals surface area (Å²) in [5, 5.41) is 10.5. The van der Waals surface area contributed by atoms with Crippen LogP contribution >= 0.6 is 22.9 Å². The Hall–Kier alpha value is -1.56. The monoisotopic (exact) mass is 424 g/mol. The van der Waals surface area contributed by atoms with Gasteiger partial charge in [-0.05, 0) is 39.2 Å². The normalized spacial score (nSPS) is 13.3. The lowest BCUT2D eigenvalue weighted by atomic mass is 9.86. The van der Waals surface area contributed by atoms with Crippen molar-refractivity contribution in [2.45, 2.75) is 72.2 Å². The number of aliphatic hydroxyl groups is 1. The van der Waals surface area contributed by atoms with Gasteiger partial charge >= 0.3 is 5.97 Å². The van der Waals surface area contributed by atoms with Crippen molar-refractivity contribution in [3.63, 3.8) is 0 Å². The minimum atomic E-state index is -0.631. The Bertz CT molecular complexity index is 843. The molecule has 1 N–H and O–H groups in total. The van der Waals surface area contributed by atoms with Crippen LogP contribution in [0.25, 0.3) is 0 Å². The first-order valence-corrected chi connectivity index (χ1v) is 10.5. The number of ether oxygens (including phenoxy) is 2. The summed E-state index contributed by atoms with van der Waals surface area (Å²) in [6.45, 7) is 13.3. The molecule has 1 heterocycles. The summed E-state index contributed by atoms with van der Waals surface area (Å²) in [7, 11) is 0. The van der Waals surface area contributed by atoms with Crippen molar-refractivity contribution in [3.05, 3.63) is 50.2 Å². The molecule has 2 rings (SSSR count). The van der Waals surface area contributed by atoms with Crippen molar-refractivity contribution in [1.29, 1.82) is 0 Å². The maximum Gasteiger partial charge on any atom is 0.352 e. The van der Waals surface area contributed by atoms with Crippen LogP contribution in [0.15, 0.2) is 24.3 Å². The highest BCUT2D eigenvalue weighted by Gasteiger charge is 2.34. The van der Waals surface area contributed by atoms with E-state index in [0.29, 0.717) is 20.5 Å². The van der Waals surface area contributed by atoms with E-state index in [-0.39, 0.29) is 18.1 Å². The van der Waals surface area contributed by atoms with E-state index in [2.05, 4.69) is 0 Å². The van der Waals surface area contributed by atoms with E-state index in [9.17, 15) is 9.90 Å². The second-order valence-electron chi connectivity index (χ2n) is 8.75. The molecule has 0 bridgehead atoms. The Morgan fingerprint density at radius 2 is 1.79 bits per heavy atom. The lowest BCUT2D eigenvalue weighted by Gasteiger charge is -2.25.